The first kappa shape index (κ1) is 27.2. The Morgan fingerprint density at radius 2 is 1.98 bits per heavy atom. The molecule has 3 saturated heterocycles. The van der Waals surface area contributed by atoms with E-state index in [1.54, 1.807) is 19.5 Å². The van der Waals surface area contributed by atoms with E-state index in [4.69, 9.17) is 29.5 Å². The molecule has 0 aromatic carbocycles. The predicted octanol–water partition coefficient (Wildman–Crippen LogP) is 2.11. The largest absolute Gasteiger partial charge is 0.383 e. The molecule has 0 aliphatic carbocycles. The van der Waals surface area contributed by atoms with Crippen LogP contribution in [0.4, 0.5) is 11.8 Å². The number of ether oxygens (including phenoxy) is 2. The van der Waals surface area contributed by atoms with Crippen LogP contribution in [0.15, 0.2) is 41.6 Å². The minimum absolute atomic E-state index is 0.0869. The summed E-state index contributed by atoms with van der Waals surface area (Å²) in [5, 5.41) is 5.71. The standard InChI is InChI=1S/C31H36N10O3/c1-19-22-16-33-41(25(22)13-24(34-19)23-15-32-5-4-27(23)42)28-14-26-29(30(35-28)40-17-21-12-20(40)18-44-21)36-31(37(26)2)39-8-6-38(7-9-39)10-11-43-3/h4-5,13-16,20-21H,6-12,17-18H2,1-3H3,(H,32,42)/t20-,21-/m1/s1. The third kappa shape index (κ3) is 4.45. The maximum Gasteiger partial charge on any atom is 0.206 e. The predicted molar refractivity (Wildman–Crippen MR) is 168 cm³/mol. The second-order valence-electron chi connectivity index (χ2n) is 12.0. The molecule has 44 heavy (non-hydrogen) atoms. The van der Waals surface area contributed by atoms with Gasteiger partial charge in [-0.05, 0) is 19.4 Å². The number of hydrogen-bond acceptors (Lipinski definition) is 10. The summed E-state index contributed by atoms with van der Waals surface area (Å²) in [4.78, 5) is 38.1. The van der Waals surface area contributed by atoms with Crippen LogP contribution in [-0.4, -0.2) is 111 Å². The van der Waals surface area contributed by atoms with Crippen LogP contribution in [0.2, 0.25) is 0 Å². The summed E-state index contributed by atoms with van der Waals surface area (Å²) in [7, 11) is 3.84. The second-order valence-corrected chi connectivity index (χ2v) is 12.0. The van der Waals surface area contributed by atoms with Gasteiger partial charge < -0.3 is 28.8 Å². The van der Waals surface area contributed by atoms with E-state index in [9.17, 15) is 4.79 Å². The molecule has 3 aliphatic rings. The number of piperazine rings is 1. The quantitative estimate of drug-likeness (QED) is 0.299. The molecule has 13 heteroatoms. The highest BCUT2D eigenvalue weighted by Crippen LogP contribution is 2.38. The van der Waals surface area contributed by atoms with Gasteiger partial charge >= 0.3 is 0 Å². The number of pyridine rings is 3. The van der Waals surface area contributed by atoms with E-state index >= 15 is 0 Å². The van der Waals surface area contributed by atoms with E-state index in [1.165, 1.54) is 6.07 Å². The van der Waals surface area contributed by atoms with Gasteiger partial charge in [0.15, 0.2) is 17.1 Å². The molecule has 3 fully saturated rings. The molecule has 228 valence electrons. The van der Waals surface area contributed by atoms with Crippen LogP contribution in [0, 0.1) is 6.92 Å². The lowest BCUT2D eigenvalue weighted by atomic mass is 10.1. The molecule has 8 rings (SSSR count). The van der Waals surface area contributed by atoms with Crippen molar-refractivity contribution in [2.24, 2.45) is 7.05 Å². The molecule has 0 spiro atoms. The van der Waals surface area contributed by atoms with E-state index in [1.807, 2.05) is 23.9 Å². The Morgan fingerprint density at radius 3 is 2.73 bits per heavy atom. The molecule has 2 atom stereocenters. The number of morpholine rings is 1. The van der Waals surface area contributed by atoms with Gasteiger partial charge in [-0.25, -0.2) is 14.6 Å². The summed E-state index contributed by atoms with van der Waals surface area (Å²) in [5.41, 5.74) is 4.56. The number of imidazole rings is 1. The lowest BCUT2D eigenvalue weighted by molar-refractivity contribution is 0.0989. The number of rotatable bonds is 7. The monoisotopic (exact) mass is 596 g/mol. The molecule has 1 N–H and O–H groups in total. The van der Waals surface area contributed by atoms with Crippen molar-refractivity contribution in [3.63, 3.8) is 0 Å². The fourth-order valence-electron chi connectivity index (χ4n) is 6.90. The van der Waals surface area contributed by atoms with E-state index in [0.29, 0.717) is 23.7 Å². The first-order valence-electron chi connectivity index (χ1n) is 15.2. The zero-order valence-electron chi connectivity index (χ0n) is 25.2. The molecule has 3 aliphatic heterocycles. The van der Waals surface area contributed by atoms with Crippen molar-refractivity contribution in [1.29, 1.82) is 0 Å². The molecule has 5 aromatic rings. The van der Waals surface area contributed by atoms with Gasteiger partial charge in [0.1, 0.15) is 5.52 Å². The van der Waals surface area contributed by atoms with Crippen molar-refractivity contribution in [2.45, 2.75) is 25.5 Å². The Morgan fingerprint density at radius 1 is 1.11 bits per heavy atom. The number of aromatic amines is 1. The Bertz CT molecular complexity index is 1920. The highest BCUT2D eigenvalue weighted by atomic mass is 16.5. The van der Waals surface area contributed by atoms with Gasteiger partial charge in [-0.3, -0.25) is 14.7 Å². The van der Waals surface area contributed by atoms with Crippen molar-refractivity contribution in [3.05, 3.63) is 52.7 Å². The maximum atomic E-state index is 12.7. The van der Waals surface area contributed by atoms with Gasteiger partial charge in [-0.2, -0.15) is 5.10 Å². The molecule has 13 nitrogen and oxygen atoms in total. The smallest absolute Gasteiger partial charge is 0.206 e. The van der Waals surface area contributed by atoms with Crippen LogP contribution in [-0.2, 0) is 16.5 Å². The van der Waals surface area contributed by atoms with E-state index in [2.05, 4.69) is 37.4 Å². The van der Waals surface area contributed by atoms with Gasteiger partial charge in [0.05, 0.1) is 53.8 Å². The second kappa shape index (κ2) is 10.7. The number of aromatic nitrogens is 7. The average molecular weight is 597 g/mol. The van der Waals surface area contributed by atoms with Crippen molar-refractivity contribution in [2.75, 3.05) is 69.4 Å². The minimum atomic E-state index is -0.0869. The summed E-state index contributed by atoms with van der Waals surface area (Å²) in [6.45, 7) is 8.86. The van der Waals surface area contributed by atoms with Crippen molar-refractivity contribution >= 4 is 33.7 Å². The first-order valence-corrected chi connectivity index (χ1v) is 15.2. The number of fused-ring (bicyclic) bond motifs is 4. The molecule has 0 radical (unpaired) electrons. The summed E-state index contributed by atoms with van der Waals surface area (Å²) in [5.74, 6) is 2.51. The lowest BCUT2D eigenvalue weighted by Crippen LogP contribution is -2.48. The molecule has 0 amide bonds. The molecule has 5 aromatic heterocycles. The van der Waals surface area contributed by atoms with Crippen LogP contribution in [0.25, 0.3) is 39.0 Å². The molecule has 2 bridgehead atoms. The van der Waals surface area contributed by atoms with E-state index in [-0.39, 0.29) is 17.6 Å². The van der Waals surface area contributed by atoms with Gasteiger partial charge in [0, 0.05) is 89.0 Å². The first-order chi connectivity index (χ1) is 21.5. The van der Waals surface area contributed by atoms with Gasteiger partial charge in [-0.15, -0.1) is 0 Å². The third-order valence-corrected chi connectivity index (χ3v) is 9.33. The van der Waals surface area contributed by atoms with E-state index in [0.717, 1.165) is 91.7 Å². The Balaban J connectivity index is 1.25. The zero-order chi connectivity index (χ0) is 29.9. The van der Waals surface area contributed by atoms with Gasteiger partial charge in [0.2, 0.25) is 5.95 Å². The normalized spacial score (nSPS) is 20.5. The van der Waals surface area contributed by atoms with Crippen molar-refractivity contribution < 1.29 is 9.47 Å². The summed E-state index contributed by atoms with van der Waals surface area (Å²) >= 11 is 0. The number of nitrogens with zero attached hydrogens (tertiary/aromatic N) is 9. The molecule has 0 saturated carbocycles. The van der Waals surface area contributed by atoms with Crippen LogP contribution >= 0.6 is 0 Å². The summed E-state index contributed by atoms with van der Waals surface area (Å²) < 4.78 is 15.3. The average Bonchev–Trinajstić information content (AvgIpc) is 3.84. The number of methoxy groups -OCH3 is 1. The Hall–Kier alpha value is -4.33. The van der Waals surface area contributed by atoms with Crippen molar-refractivity contribution in [3.8, 4) is 17.1 Å². The van der Waals surface area contributed by atoms with Crippen LogP contribution < -0.4 is 15.2 Å². The van der Waals surface area contributed by atoms with Gasteiger partial charge in [-0.1, -0.05) is 0 Å². The van der Waals surface area contributed by atoms with Crippen LogP contribution in [0.3, 0.4) is 0 Å². The minimum Gasteiger partial charge on any atom is -0.383 e. The fraction of sp³-hybridized carbons (Fsp3) is 0.452. The molecule has 8 heterocycles. The summed E-state index contributed by atoms with van der Waals surface area (Å²) in [6, 6.07) is 5.79. The highest BCUT2D eigenvalue weighted by molar-refractivity contribution is 5.92. The SMILES string of the molecule is COCCN1CCN(c2nc3c(N4C[C@H]5C[C@@H]4CO5)nc(-n4ncc5c(C)nc(-c6c[nH]ccc6=O)cc54)cc3n2C)CC1. The Kier molecular flexibility index (Phi) is 6.61. The van der Waals surface area contributed by atoms with Crippen LogP contribution in [0.5, 0.6) is 0 Å². The Labute approximate surface area is 254 Å². The number of hydrogen-bond donors (Lipinski definition) is 1. The van der Waals surface area contributed by atoms with Crippen LogP contribution in [0.1, 0.15) is 12.1 Å². The fourth-order valence-corrected chi connectivity index (χ4v) is 6.90. The highest BCUT2D eigenvalue weighted by Gasteiger charge is 2.41. The molecular weight excluding hydrogens is 560 g/mol. The van der Waals surface area contributed by atoms with Crippen molar-refractivity contribution in [1.82, 2.24) is 39.2 Å². The lowest BCUT2D eigenvalue weighted by Gasteiger charge is -2.35. The molecule has 0 unspecified atom stereocenters. The summed E-state index contributed by atoms with van der Waals surface area (Å²) in [6.07, 6.45) is 6.36. The topological polar surface area (TPSA) is 122 Å². The molecular formula is C31H36N10O3. The van der Waals surface area contributed by atoms with Gasteiger partial charge in [0.25, 0.3) is 0 Å². The zero-order valence-corrected chi connectivity index (χ0v) is 25.2. The number of nitrogens with one attached hydrogen (secondary N) is 1. The third-order valence-electron chi connectivity index (χ3n) is 9.33. The number of aryl methyl sites for hydroxylation is 2. The maximum absolute atomic E-state index is 12.7. The number of anilines is 2. The van der Waals surface area contributed by atoms with E-state index < -0.39 is 0 Å². The number of H-pyrrole nitrogens is 1.